The third-order valence-corrected chi connectivity index (χ3v) is 5.23. The van der Waals surface area contributed by atoms with Crippen LogP contribution in [0.5, 0.6) is 0 Å². The fourth-order valence-corrected chi connectivity index (χ4v) is 3.79. The molecule has 4 rings (SSSR count). The second-order valence-corrected chi connectivity index (χ2v) is 6.90. The molecule has 2 aliphatic heterocycles. The van der Waals surface area contributed by atoms with Crippen molar-refractivity contribution >= 4 is 23.2 Å². The van der Waals surface area contributed by atoms with Gasteiger partial charge in [-0.2, -0.15) is 0 Å². The molecule has 1 atom stereocenters. The number of benzene rings is 2. The number of piperidine rings is 1. The molecule has 1 N–H and O–H groups in total. The highest BCUT2D eigenvalue weighted by atomic mass is 19.2. The first-order valence-electron chi connectivity index (χ1n) is 8.90. The van der Waals surface area contributed by atoms with Gasteiger partial charge in [-0.25, -0.2) is 8.78 Å². The number of halogens is 2. The van der Waals surface area contributed by atoms with Crippen LogP contribution in [-0.4, -0.2) is 36.5 Å². The van der Waals surface area contributed by atoms with Crippen molar-refractivity contribution in [2.45, 2.75) is 25.4 Å². The number of carbonyl (C=O) groups excluding carboxylic acids is 2. The van der Waals surface area contributed by atoms with Crippen molar-refractivity contribution in [3.63, 3.8) is 0 Å². The van der Waals surface area contributed by atoms with Gasteiger partial charge in [0.1, 0.15) is 6.17 Å². The molecule has 1 fully saturated rings. The van der Waals surface area contributed by atoms with Crippen LogP contribution in [0, 0.1) is 11.6 Å². The zero-order valence-corrected chi connectivity index (χ0v) is 14.8. The number of amides is 2. The first-order chi connectivity index (χ1) is 13.0. The van der Waals surface area contributed by atoms with Crippen molar-refractivity contribution in [3.05, 3.63) is 59.2 Å². The van der Waals surface area contributed by atoms with Gasteiger partial charge in [-0.3, -0.25) is 9.59 Å². The Kier molecular flexibility index (Phi) is 4.30. The molecule has 2 amide bonds. The molecular weight excluding hydrogens is 352 g/mol. The van der Waals surface area contributed by atoms with Gasteiger partial charge in [-0.1, -0.05) is 0 Å². The molecular formula is C20H19F2N3O2. The van der Waals surface area contributed by atoms with Gasteiger partial charge in [-0.05, 0) is 49.6 Å². The SMILES string of the molecule is CN1c2cc(C(=O)Nc3ccc(F)c(F)c3)ccc2C(=O)N2CCCC[C@H]21. The zero-order valence-electron chi connectivity index (χ0n) is 14.8. The number of nitrogens with one attached hydrogen (secondary N) is 1. The monoisotopic (exact) mass is 371 g/mol. The molecule has 0 aromatic heterocycles. The molecule has 1 saturated heterocycles. The zero-order chi connectivity index (χ0) is 19.1. The Balaban J connectivity index is 1.62. The molecule has 0 aliphatic carbocycles. The topological polar surface area (TPSA) is 52.7 Å². The lowest BCUT2D eigenvalue weighted by molar-refractivity contribution is 0.0589. The summed E-state index contributed by atoms with van der Waals surface area (Å²) >= 11 is 0. The Hall–Kier alpha value is -2.96. The molecule has 0 bridgehead atoms. The highest BCUT2D eigenvalue weighted by Gasteiger charge is 2.37. The number of rotatable bonds is 2. The molecule has 7 heteroatoms. The molecule has 5 nitrogen and oxygen atoms in total. The number of nitrogens with zero attached hydrogens (tertiary/aromatic N) is 2. The molecule has 140 valence electrons. The average molecular weight is 371 g/mol. The van der Waals surface area contributed by atoms with Crippen molar-refractivity contribution in [3.8, 4) is 0 Å². The lowest BCUT2D eigenvalue weighted by Crippen LogP contribution is -2.55. The van der Waals surface area contributed by atoms with Crippen LogP contribution in [0.3, 0.4) is 0 Å². The Morgan fingerprint density at radius 3 is 2.70 bits per heavy atom. The predicted octanol–water partition coefficient (Wildman–Crippen LogP) is 3.62. The van der Waals surface area contributed by atoms with E-state index in [9.17, 15) is 18.4 Å². The van der Waals surface area contributed by atoms with E-state index in [1.165, 1.54) is 6.07 Å². The summed E-state index contributed by atoms with van der Waals surface area (Å²) in [5, 5.41) is 2.56. The van der Waals surface area contributed by atoms with Crippen LogP contribution >= 0.6 is 0 Å². The maximum atomic E-state index is 13.3. The maximum absolute atomic E-state index is 13.3. The van der Waals surface area contributed by atoms with Gasteiger partial charge in [-0.15, -0.1) is 0 Å². The van der Waals surface area contributed by atoms with Crippen LogP contribution in [-0.2, 0) is 0 Å². The number of hydrogen-bond donors (Lipinski definition) is 1. The van der Waals surface area contributed by atoms with E-state index in [0.29, 0.717) is 16.8 Å². The van der Waals surface area contributed by atoms with Gasteiger partial charge in [0.05, 0.1) is 11.3 Å². The Morgan fingerprint density at radius 1 is 1.11 bits per heavy atom. The lowest BCUT2D eigenvalue weighted by atomic mass is 9.97. The van der Waals surface area contributed by atoms with Gasteiger partial charge in [0, 0.05) is 30.9 Å². The number of anilines is 2. The normalized spacial score (nSPS) is 18.8. The van der Waals surface area contributed by atoms with Gasteiger partial charge < -0.3 is 15.1 Å². The minimum atomic E-state index is -1.03. The minimum absolute atomic E-state index is 0.00301. The van der Waals surface area contributed by atoms with E-state index in [1.54, 1.807) is 18.2 Å². The van der Waals surface area contributed by atoms with E-state index in [-0.39, 0.29) is 17.8 Å². The molecule has 0 saturated carbocycles. The fourth-order valence-electron chi connectivity index (χ4n) is 3.79. The van der Waals surface area contributed by atoms with E-state index in [1.807, 2.05) is 16.8 Å². The largest absolute Gasteiger partial charge is 0.354 e. The van der Waals surface area contributed by atoms with Crippen LogP contribution in [0.15, 0.2) is 36.4 Å². The molecule has 0 spiro atoms. The van der Waals surface area contributed by atoms with Gasteiger partial charge >= 0.3 is 0 Å². The summed E-state index contributed by atoms with van der Waals surface area (Å²) in [5.41, 5.74) is 1.79. The third-order valence-electron chi connectivity index (χ3n) is 5.23. The fraction of sp³-hybridized carbons (Fsp3) is 0.300. The minimum Gasteiger partial charge on any atom is -0.354 e. The van der Waals surface area contributed by atoms with E-state index in [2.05, 4.69) is 5.32 Å². The number of fused-ring (bicyclic) bond motifs is 2. The van der Waals surface area contributed by atoms with Crippen LogP contribution in [0.1, 0.15) is 40.0 Å². The molecule has 2 heterocycles. The first kappa shape index (κ1) is 17.5. The second kappa shape index (κ2) is 6.64. The van der Waals surface area contributed by atoms with Crippen molar-refractivity contribution in [2.24, 2.45) is 0 Å². The van der Waals surface area contributed by atoms with Gasteiger partial charge in [0.2, 0.25) is 0 Å². The molecule has 2 aromatic rings. The maximum Gasteiger partial charge on any atom is 0.257 e. The van der Waals surface area contributed by atoms with E-state index in [0.717, 1.165) is 37.9 Å². The quantitative estimate of drug-likeness (QED) is 0.877. The predicted molar refractivity (Wildman–Crippen MR) is 97.8 cm³/mol. The molecule has 2 aliphatic rings. The van der Waals surface area contributed by atoms with Gasteiger partial charge in [0.15, 0.2) is 11.6 Å². The van der Waals surface area contributed by atoms with Crippen molar-refractivity contribution in [2.75, 3.05) is 23.8 Å². The second-order valence-electron chi connectivity index (χ2n) is 6.90. The molecule has 2 aromatic carbocycles. The number of hydrogen-bond acceptors (Lipinski definition) is 3. The smallest absolute Gasteiger partial charge is 0.257 e. The Morgan fingerprint density at radius 2 is 1.93 bits per heavy atom. The van der Waals surface area contributed by atoms with Crippen LogP contribution in [0.2, 0.25) is 0 Å². The molecule has 0 radical (unpaired) electrons. The first-order valence-corrected chi connectivity index (χ1v) is 8.90. The summed E-state index contributed by atoms with van der Waals surface area (Å²) in [4.78, 5) is 29.2. The average Bonchev–Trinajstić information content (AvgIpc) is 2.68. The van der Waals surface area contributed by atoms with Crippen molar-refractivity contribution in [1.82, 2.24) is 4.90 Å². The standard InChI is InChI=1S/C20H19F2N3O2/c1-24-17-10-12(19(26)23-13-6-8-15(21)16(22)11-13)5-7-14(17)20(27)25-9-3-2-4-18(24)25/h5-8,10-11,18H,2-4,9H2,1H3,(H,23,26)/t18-/m0/s1. The summed E-state index contributed by atoms with van der Waals surface area (Å²) in [6, 6.07) is 8.09. The summed E-state index contributed by atoms with van der Waals surface area (Å²) in [6.45, 7) is 0.742. The highest BCUT2D eigenvalue weighted by molar-refractivity contribution is 6.08. The summed E-state index contributed by atoms with van der Waals surface area (Å²) in [5.74, 6) is -2.46. The van der Waals surface area contributed by atoms with Crippen LogP contribution in [0.4, 0.5) is 20.2 Å². The van der Waals surface area contributed by atoms with Crippen molar-refractivity contribution < 1.29 is 18.4 Å². The van der Waals surface area contributed by atoms with Gasteiger partial charge in [0.25, 0.3) is 11.8 Å². The van der Waals surface area contributed by atoms with E-state index in [4.69, 9.17) is 0 Å². The van der Waals surface area contributed by atoms with E-state index >= 15 is 0 Å². The summed E-state index contributed by atoms with van der Waals surface area (Å²) in [6.07, 6.45) is 2.96. The Labute approximate surface area is 155 Å². The third kappa shape index (κ3) is 3.03. The summed E-state index contributed by atoms with van der Waals surface area (Å²) in [7, 11) is 1.92. The van der Waals surface area contributed by atoms with Crippen molar-refractivity contribution in [1.29, 1.82) is 0 Å². The molecule has 27 heavy (non-hydrogen) atoms. The van der Waals surface area contributed by atoms with Crippen LogP contribution < -0.4 is 10.2 Å². The lowest BCUT2D eigenvalue weighted by Gasteiger charge is -2.46. The highest BCUT2D eigenvalue weighted by Crippen LogP contribution is 2.34. The van der Waals surface area contributed by atoms with E-state index < -0.39 is 17.5 Å². The molecule has 0 unspecified atom stereocenters. The van der Waals surface area contributed by atoms with Crippen LogP contribution in [0.25, 0.3) is 0 Å². The number of carbonyl (C=O) groups is 2. The summed E-state index contributed by atoms with van der Waals surface area (Å²) < 4.78 is 26.4. The Bertz CT molecular complexity index is 931.